The van der Waals surface area contributed by atoms with Crippen LogP contribution < -0.4 is 15.5 Å². The molecule has 1 atom stereocenters. The minimum atomic E-state index is -3.03. The van der Waals surface area contributed by atoms with Gasteiger partial charge >= 0.3 is 0 Å². The van der Waals surface area contributed by atoms with Crippen LogP contribution in [0.25, 0.3) is 5.69 Å². The third-order valence-corrected chi connectivity index (χ3v) is 8.13. The number of amides is 2. The SMILES string of the molecule is CCC(=O)Nc1c(C)nn(-c2ccccc2)c1N1CCC(C(=O)N[C@H]2CCS(=O)(=O)C2)CC1. The van der Waals surface area contributed by atoms with Gasteiger partial charge in [-0.25, -0.2) is 13.1 Å². The largest absolute Gasteiger partial charge is 0.355 e. The molecule has 2 saturated heterocycles. The maximum absolute atomic E-state index is 12.8. The Bertz CT molecular complexity index is 1120. The van der Waals surface area contributed by atoms with Crippen LogP contribution in [0.15, 0.2) is 30.3 Å². The second kappa shape index (κ2) is 9.54. The molecule has 2 aromatic rings. The quantitative estimate of drug-likeness (QED) is 0.664. The van der Waals surface area contributed by atoms with E-state index >= 15 is 0 Å². The Morgan fingerprint density at radius 2 is 1.82 bits per heavy atom. The fraction of sp³-hybridized carbons (Fsp3) is 0.522. The number of para-hydroxylation sites is 1. The van der Waals surface area contributed by atoms with Gasteiger partial charge in [-0.1, -0.05) is 25.1 Å². The molecular weight excluding hydrogens is 442 g/mol. The first kappa shape index (κ1) is 23.3. The second-order valence-electron chi connectivity index (χ2n) is 8.80. The van der Waals surface area contributed by atoms with Gasteiger partial charge in [-0.3, -0.25) is 9.59 Å². The van der Waals surface area contributed by atoms with Gasteiger partial charge in [0.15, 0.2) is 15.7 Å². The maximum Gasteiger partial charge on any atom is 0.224 e. The molecule has 2 amide bonds. The van der Waals surface area contributed by atoms with Gasteiger partial charge in [0.1, 0.15) is 5.69 Å². The first-order chi connectivity index (χ1) is 15.8. The van der Waals surface area contributed by atoms with Crippen molar-refractivity contribution in [1.82, 2.24) is 15.1 Å². The van der Waals surface area contributed by atoms with E-state index in [0.717, 1.165) is 17.2 Å². The molecule has 33 heavy (non-hydrogen) atoms. The van der Waals surface area contributed by atoms with Crippen molar-refractivity contribution in [3.05, 3.63) is 36.0 Å². The lowest BCUT2D eigenvalue weighted by Crippen LogP contribution is -2.44. The van der Waals surface area contributed by atoms with Crippen LogP contribution >= 0.6 is 0 Å². The average Bonchev–Trinajstić information content (AvgIpc) is 3.32. The first-order valence-electron chi connectivity index (χ1n) is 11.5. The summed E-state index contributed by atoms with van der Waals surface area (Å²) < 4.78 is 25.2. The van der Waals surface area contributed by atoms with Gasteiger partial charge in [-0.2, -0.15) is 5.10 Å². The number of hydrogen-bond donors (Lipinski definition) is 2. The van der Waals surface area contributed by atoms with Crippen molar-refractivity contribution in [2.45, 2.75) is 45.6 Å². The van der Waals surface area contributed by atoms with E-state index in [-0.39, 0.29) is 35.3 Å². The molecule has 2 fully saturated rings. The Morgan fingerprint density at radius 3 is 2.42 bits per heavy atom. The Kier molecular flexibility index (Phi) is 6.73. The molecule has 2 aliphatic rings. The maximum atomic E-state index is 12.8. The number of aryl methyl sites for hydroxylation is 1. The van der Waals surface area contributed by atoms with Crippen LogP contribution in [0.1, 0.15) is 38.3 Å². The molecule has 2 aliphatic heterocycles. The molecule has 0 unspecified atom stereocenters. The molecule has 2 N–H and O–H groups in total. The molecule has 0 saturated carbocycles. The van der Waals surface area contributed by atoms with Gasteiger partial charge < -0.3 is 15.5 Å². The van der Waals surface area contributed by atoms with Crippen LogP contribution in [0.5, 0.6) is 0 Å². The number of nitrogens with one attached hydrogen (secondary N) is 2. The van der Waals surface area contributed by atoms with Crippen molar-refractivity contribution >= 4 is 33.2 Å². The summed E-state index contributed by atoms with van der Waals surface area (Å²) in [4.78, 5) is 27.1. The first-order valence-corrected chi connectivity index (χ1v) is 13.3. The smallest absolute Gasteiger partial charge is 0.224 e. The number of rotatable bonds is 6. The summed E-state index contributed by atoms with van der Waals surface area (Å²) in [5, 5.41) is 10.6. The highest BCUT2D eigenvalue weighted by Crippen LogP contribution is 2.35. The topological polar surface area (TPSA) is 113 Å². The van der Waals surface area contributed by atoms with Crippen molar-refractivity contribution < 1.29 is 18.0 Å². The minimum absolute atomic E-state index is 0.0353. The Morgan fingerprint density at radius 1 is 1.12 bits per heavy atom. The number of carbonyl (C=O) groups excluding carboxylic acids is 2. The molecule has 4 rings (SSSR count). The summed E-state index contributed by atoms with van der Waals surface area (Å²) in [7, 11) is -3.03. The summed E-state index contributed by atoms with van der Waals surface area (Å²) in [6.45, 7) is 4.96. The van der Waals surface area contributed by atoms with E-state index in [1.807, 2.05) is 48.9 Å². The highest BCUT2D eigenvalue weighted by Gasteiger charge is 2.33. The van der Waals surface area contributed by atoms with Gasteiger partial charge in [0, 0.05) is 31.5 Å². The van der Waals surface area contributed by atoms with E-state index in [2.05, 4.69) is 15.5 Å². The molecule has 0 radical (unpaired) electrons. The van der Waals surface area contributed by atoms with Crippen LogP contribution in [0, 0.1) is 12.8 Å². The standard InChI is InChI=1S/C23H31N5O4S/c1-3-20(29)25-21-16(2)26-28(19-7-5-4-6-8-19)23(21)27-12-9-17(10-13-27)22(30)24-18-11-14-33(31,32)15-18/h4-8,17-18H,3,9-15H2,1-2H3,(H,24,30)(H,25,29)/t18-/m0/s1. The van der Waals surface area contributed by atoms with E-state index in [1.165, 1.54) is 0 Å². The van der Waals surface area contributed by atoms with Crippen molar-refractivity contribution in [3.63, 3.8) is 0 Å². The van der Waals surface area contributed by atoms with E-state index in [1.54, 1.807) is 0 Å². The molecule has 1 aromatic heterocycles. The van der Waals surface area contributed by atoms with Crippen LogP contribution in [0.2, 0.25) is 0 Å². The molecule has 3 heterocycles. The summed E-state index contributed by atoms with van der Waals surface area (Å²) in [6, 6.07) is 9.49. The molecule has 0 aliphatic carbocycles. The van der Waals surface area contributed by atoms with Crippen molar-refractivity contribution in [2.75, 3.05) is 34.8 Å². The highest BCUT2D eigenvalue weighted by atomic mass is 32.2. The van der Waals surface area contributed by atoms with Gasteiger partial charge in [-0.15, -0.1) is 0 Å². The van der Waals surface area contributed by atoms with Crippen LogP contribution in [0.4, 0.5) is 11.5 Å². The zero-order valence-electron chi connectivity index (χ0n) is 19.1. The minimum Gasteiger partial charge on any atom is -0.355 e. The number of sulfone groups is 1. The Balaban J connectivity index is 1.51. The van der Waals surface area contributed by atoms with Crippen molar-refractivity contribution in [2.24, 2.45) is 5.92 Å². The lowest BCUT2D eigenvalue weighted by Gasteiger charge is -2.34. The molecule has 1 aromatic carbocycles. The molecule has 0 bridgehead atoms. The predicted octanol–water partition coefficient (Wildman–Crippen LogP) is 2.05. The Hall–Kier alpha value is -2.88. The molecule has 178 valence electrons. The summed E-state index contributed by atoms with van der Waals surface area (Å²) in [6.07, 6.45) is 2.15. The molecule has 0 spiro atoms. The normalized spacial score (nSPS) is 20.5. The third kappa shape index (κ3) is 5.21. The number of anilines is 2. The molecule has 10 heteroatoms. The fourth-order valence-electron chi connectivity index (χ4n) is 4.51. The number of carbonyl (C=O) groups is 2. The monoisotopic (exact) mass is 473 g/mol. The fourth-order valence-corrected chi connectivity index (χ4v) is 6.19. The number of piperidine rings is 1. The van der Waals surface area contributed by atoms with Crippen molar-refractivity contribution in [3.8, 4) is 5.69 Å². The molecule has 9 nitrogen and oxygen atoms in total. The van der Waals surface area contributed by atoms with Gasteiger partial charge in [0.05, 0.1) is 22.9 Å². The zero-order chi connectivity index (χ0) is 23.6. The third-order valence-electron chi connectivity index (χ3n) is 6.37. The van der Waals surface area contributed by atoms with Crippen LogP contribution in [-0.4, -0.2) is 60.6 Å². The van der Waals surface area contributed by atoms with E-state index in [4.69, 9.17) is 5.10 Å². The Labute approximate surface area is 194 Å². The summed E-state index contributed by atoms with van der Waals surface area (Å²) >= 11 is 0. The molecular formula is C23H31N5O4S. The lowest BCUT2D eigenvalue weighted by atomic mass is 9.95. The average molecular weight is 474 g/mol. The van der Waals surface area contributed by atoms with Crippen LogP contribution in [-0.2, 0) is 19.4 Å². The second-order valence-corrected chi connectivity index (χ2v) is 11.0. The van der Waals surface area contributed by atoms with E-state index in [0.29, 0.717) is 44.5 Å². The number of benzene rings is 1. The summed E-state index contributed by atoms with van der Waals surface area (Å²) in [5.74, 6) is 0.699. The number of nitrogens with zero attached hydrogens (tertiary/aromatic N) is 3. The van der Waals surface area contributed by atoms with Gasteiger partial charge in [0.2, 0.25) is 11.8 Å². The zero-order valence-corrected chi connectivity index (χ0v) is 19.9. The van der Waals surface area contributed by atoms with Gasteiger partial charge in [0.25, 0.3) is 0 Å². The number of hydrogen-bond acceptors (Lipinski definition) is 6. The van der Waals surface area contributed by atoms with E-state index < -0.39 is 9.84 Å². The van der Waals surface area contributed by atoms with Crippen LogP contribution in [0.3, 0.4) is 0 Å². The van der Waals surface area contributed by atoms with Crippen molar-refractivity contribution in [1.29, 1.82) is 0 Å². The lowest BCUT2D eigenvalue weighted by molar-refractivity contribution is -0.126. The number of aromatic nitrogens is 2. The highest BCUT2D eigenvalue weighted by molar-refractivity contribution is 7.91. The van der Waals surface area contributed by atoms with E-state index in [9.17, 15) is 18.0 Å². The summed E-state index contributed by atoms with van der Waals surface area (Å²) in [5.41, 5.74) is 2.33. The predicted molar refractivity (Wildman–Crippen MR) is 127 cm³/mol. The van der Waals surface area contributed by atoms with Gasteiger partial charge in [-0.05, 0) is 38.3 Å².